The largest absolute Gasteiger partial charge is 0.493 e. The zero-order valence-electron chi connectivity index (χ0n) is 14.8. The van der Waals surface area contributed by atoms with Gasteiger partial charge in [-0.25, -0.2) is 9.86 Å². The molecule has 26 heavy (non-hydrogen) atoms. The zero-order chi connectivity index (χ0) is 19.7. The number of nitrogens with zero attached hydrogens (tertiary/aromatic N) is 2. The van der Waals surface area contributed by atoms with E-state index in [1.807, 2.05) is 6.92 Å². The molecule has 146 valence electrons. The van der Waals surface area contributed by atoms with Gasteiger partial charge in [-0.3, -0.25) is 35.0 Å². The van der Waals surface area contributed by atoms with Gasteiger partial charge < -0.3 is 10.1 Å². The monoisotopic (exact) mass is 371 g/mol. The maximum Gasteiger partial charge on any atom is 0.328 e. The fourth-order valence-electron chi connectivity index (χ4n) is 2.34. The Balaban J connectivity index is 2.58. The predicted octanol–water partition coefficient (Wildman–Crippen LogP) is -0.847. The summed E-state index contributed by atoms with van der Waals surface area (Å²) in [5.41, 5.74) is 3.86. The maximum atomic E-state index is 12.2. The number of carbonyl (C=O) groups is 3. The minimum Gasteiger partial charge on any atom is -0.493 e. The molecule has 0 bridgehead atoms. The number of H-pyrrole nitrogens is 1. The summed E-state index contributed by atoms with van der Waals surface area (Å²) in [5.74, 6) is -2.27. The van der Waals surface area contributed by atoms with E-state index in [1.165, 1.54) is 7.05 Å². The lowest BCUT2D eigenvalue weighted by Crippen LogP contribution is -2.47. The Hall–Kier alpha value is -2.82. The second kappa shape index (κ2) is 10.2. The zero-order valence-corrected chi connectivity index (χ0v) is 14.8. The fourth-order valence-corrected chi connectivity index (χ4v) is 2.34. The highest BCUT2D eigenvalue weighted by molar-refractivity contribution is 5.84. The summed E-state index contributed by atoms with van der Waals surface area (Å²) in [6, 6.07) is 0. The molecule has 0 saturated heterocycles. The highest BCUT2D eigenvalue weighted by atomic mass is 16.5. The second-order valence-electron chi connectivity index (χ2n) is 5.93. The molecule has 11 heteroatoms. The molecule has 0 aliphatic rings. The molecule has 3 amide bonds. The number of aromatic nitrogens is 2. The van der Waals surface area contributed by atoms with Crippen molar-refractivity contribution in [3.8, 4) is 5.88 Å². The number of aromatic amines is 1. The van der Waals surface area contributed by atoms with Crippen LogP contribution in [0.3, 0.4) is 0 Å². The van der Waals surface area contributed by atoms with E-state index in [4.69, 9.17) is 0 Å². The molecule has 1 aromatic heterocycles. The smallest absolute Gasteiger partial charge is 0.328 e. The number of hydroxylamine groups is 2. The van der Waals surface area contributed by atoms with Crippen LogP contribution in [0.1, 0.15) is 38.3 Å². The van der Waals surface area contributed by atoms with Crippen molar-refractivity contribution in [2.24, 2.45) is 13.0 Å². The Bertz CT molecular complexity index is 683. The standard InChI is InChI=1S/C15H25N5O6/c1-3-4-5-6-10(8-20(26)9-21)13(23)18-17-12(22)7-11-14(24)19(2)15(25)16-11/h9-10,24,26H,3-8H2,1-2H3,(H,16,25)(H,17,22)(H,18,23)/t10-/m1/s1. The van der Waals surface area contributed by atoms with Crippen molar-refractivity contribution in [3.05, 3.63) is 16.2 Å². The van der Waals surface area contributed by atoms with Crippen LogP contribution in [0.25, 0.3) is 0 Å². The molecular weight excluding hydrogens is 346 g/mol. The van der Waals surface area contributed by atoms with Gasteiger partial charge in [0.1, 0.15) is 0 Å². The topological polar surface area (TPSA) is 157 Å². The van der Waals surface area contributed by atoms with Crippen LogP contribution in [0.4, 0.5) is 0 Å². The summed E-state index contributed by atoms with van der Waals surface area (Å²) in [5, 5.41) is 19.4. The Morgan fingerprint density at radius 2 is 2.04 bits per heavy atom. The normalized spacial score (nSPS) is 11.7. The summed E-state index contributed by atoms with van der Waals surface area (Å²) in [4.78, 5) is 48.3. The van der Waals surface area contributed by atoms with Gasteiger partial charge in [-0.2, -0.15) is 0 Å². The first kappa shape index (κ1) is 21.2. The highest BCUT2D eigenvalue weighted by Crippen LogP contribution is 2.12. The van der Waals surface area contributed by atoms with Gasteiger partial charge in [0.05, 0.1) is 24.6 Å². The van der Waals surface area contributed by atoms with Crippen LogP contribution in [0.5, 0.6) is 5.88 Å². The van der Waals surface area contributed by atoms with E-state index in [0.29, 0.717) is 11.5 Å². The number of nitrogens with one attached hydrogen (secondary N) is 3. The number of unbranched alkanes of at least 4 members (excludes halogenated alkanes) is 2. The number of carbonyl (C=O) groups excluding carboxylic acids is 3. The van der Waals surface area contributed by atoms with Gasteiger partial charge in [0.25, 0.3) is 0 Å². The average molecular weight is 371 g/mol. The molecule has 0 unspecified atom stereocenters. The third-order valence-corrected chi connectivity index (χ3v) is 3.87. The molecule has 1 atom stereocenters. The van der Waals surface area contributed by atoms with Crippen molar-refractivity contribution < 1.29 is 24.7 Å². The van der Waals surface area contributed by atoms with E-state index in [0.717, 1.165) is 23.8 Å². The molecule has 0 aromatic carbocycles. The van der Waals surface area contributed by atoms with E-state index in [2.05, 4.69) is 15.8 Å². The molecule has 0 aliphatic carbocycles. The van der Waals surface area contributed by atoms with E-state index in [-0.39, 0.29) is 30.9 Å². The number of aromatic hydroxyl groups is 1. The van der Waals surface area contributed by atoms with Crippen molar-refractivity contribution in [3.63, 3.8) is 0 Å². The minimum absolute atomic E-state index is 0.0197. The van der Waals surface area contributed by atoms with Crippen LogP contribution >= 0.6 is 0 Å². The Labute approximate surface area is 149 Å². The van der Waals surface area contributed by atoms with Crippen molar-refractivity contribution >= 4 is 18.2 Å². The number of amides is 3. The van der Waals surface area contributed by atoms with Crippen LogP contribution in [0.15, 0.2) is 4.79 Å². The van der Waals surface area contributed by atoms with Gasteiger partial charge in [-0.1, -0.05) is 26.2 Å². The first-order valence-corrected chi connectivity index (χ1v) is 8.26. The van der Waals surface area contributed by atoms with Crippen molar-refractivity contribution in [1.29, 1.82) is 0 Å². The van der Waals surface area contributed by atoms with Gasteiger partial charge in [-0.05, 0) is 6.42 Å². The van der Waals surface area contributed by atoms with Gasteiger partial charge >= 0.3 is 5.69 Å². The number of rotatable bonds is 10. The lowest BCUT2D eigenvalue weighted by atomic mass is 10.0. The van der Waals surface area contributed by atoms with Crippen LogP contribution < -0.4 is 16.5 Å². The third kappa shape index (κ3) is 6.24. The SMILES string of the molecule is CCCCC[C@H](CN(O)C=O)C(=O)NNC(=O)Cc1[nH]c(=O)n(C)c1O. The lowest BCUT2D eigenvalue weighted by molar-refractivity contribution is -0.155. The molecule has 0 radical (unpaired) electrons. The number of imidazole rings is 1. The van der Waals surface area contributed by atoms with Gasteiger partial charge in [-0.15, -0.1) is 0 Å². The van der Waals surface area contributed by atoms with E-state index < -0.39 is 23.4 Å². The lowest BCUT2D eigenvalue weighted by Gasteiger charge is -2.19. The van der Waals surface area contributed by atoms with E-state index in [9.17, 15) is 29.5 Å². The van der Waals surface area contributed by atoms with Gasteiger partial charge in [0.2, 0.25) is 24.1 Å². The summed E-state index contributed by atoms with van der Waals surface area (Å²) in [6.07, 6.45) is 2.86. The fraction of sp³-hybridized carbons (Fsp3) is 0.600. The third-order valence-electron chi connectivity index (χ3n) is 3.87. The molecule has 0 aliphatic heterocycles. The molecule has 1 rings (SSSR count). The first-order valence-electron chi connectivity index (χ1n) is 8.26. The molecule has 1 heterocycles. The summed E-state index contributed by atoms with van der Waals surface area (Å²) >= 11 is 0. The Morgan fingerprint density at radius 3 is 2.58 bits per heavy atom. The summed E-state index contributed by atoms with van der Waals surface area (Å²) < 4.78 is 0.945. The second-order valence-corrected chi connectivity index (χ2v) is 5.93. The first-order chi connectivity index (χ1) is 12.3. The number of hydrogen-bond acceptors (Lipinski definition) is 6. The molecule has 0 fully saturated rings. The molecular formula is C15H25N5O6. The molecule has 11 nitrogen and oxygen atoms in total. The molecule has 0 saturated carbocycles. The molecule has 5 N–H and O–H groups in total. The summed E-state index contributed by atoms with van der Waals surface area (Å²) in [6.45, 7) is 1.81. The molecule has 1 aromatic rings. The van der Waals surface area contributed by atoms with Crippen LogP contribution in [-0.4, -0.2) is 49.7 Å². The number of hydrazine groups is 1. The van der Waals surface area contributed by atoms with Crippen molar-refractivity contribution in [1.82, 2.24) is 25.5 Å². The average Bonchev–Trinajstić information content (AvgIpc) is 2.85. The van der Waals surface area contributed by atoms with E-state index >= 15 is 0 Å². The summed E-state index contributed by atoms with van der Waals surface area (Å²) in [7, 11) is 1.34. The number of hydrogen-bond donors (Lipinski definition) is 5. The quantitative estimate of drug-likeness (QED) is 0.156. The van der Waals surface area contributed by atoms with Crippen molar-refractivity contribution in [2.75, 3.05) is 6.54 Å². The van der Waals surface area contributed by atoms with E-state index in [1.54, 1.807) is 0 Å². The Kier molecular flexibility index (Phi) is 8.35. The van der Waals surface area contributed by atoms with Gasteiger partial charge in [0.15, 0.2) is 0 Å². The predicted molar refractivity (Wildman–Crippen MR) is 89.9 cm³/mol. The van der Waals surface area contributed by atoms with Gasteiger partial charge in [0, 0.05) is 7.05 Å². The highest BCUT2D eigenvalue weighted by Gasteiger charge is 2.21. The van der Waals surface area contributed by atoms with Crippen LogP contribution in [0.2, 0.25) is 0 Å². The van der Waals surface area contributed by atoms with Crippen LogP contribution in [-0.2, 0) is 27.9 Å². The van der Waals surface area contributed by atoms with Crippen LogP contribution in [0, 0.1) is 5.92 Å². The maximum absolute atomic E-state index is 12.2. The Morgan fingerprint density at radius 1 is 1.35 bits per heavy atom. The van der Waals surface area contributed by atoms with Crippen molar-refractivity contribution in [2.45, 2.75) is 39.0 Å². The molecule has 0 spiro atoms. The minimum atomic E-state index is -0.693.